The summed E-state index contributed by atoms with van der Waals surface area (Å²) in [5.41, 5.74) is -0.434. The van der Waals surface area contributed by atoms with Crippen LogP contribution in [0.1, 0.15) is 54.5 Å². The highest BCUT2D eigenvalue weighted by atomic mass is 19.4. The molecule has 166 valence electrons. The van der Waals surface area contributed by atoms with Gasteiger partial charge in [-0.3, -0.25) is 20.4 Å². The van der Waals surface area contributed by atoms with Crippen molar-refractivity contribution in [2.45, 2.75) is 50.5 Å². The van der Waals surface area contributed by atoms with Crippen LogP contribution in [-0.4, -0.2) is 49.6 Å². The molecule has 1 aliphatic carbocycles. The van der Waals surface area contributed by atoms with E-state index in [1.165, 1.54) is 17.1 Å². The quantitative estimate of drug-likeness (QED) is 0.666. The molecule has 1 fully saturated rings. The fraction of sp³-hybridized carbons (Fsp3) is 0.500. The third-order valence-electron chi connectivity index (χ3n) is 5.73. The van der Waals surface area contributed by atoms with E-state index in [-0.39, 0.29) is 42.3 Å². The summed E-state index contributed by atoms with van der Waals surface area (Å²) in [6, 6.07) is 3.03. The van der Waals surface area contributed by atoms with Gasteiger partial charge in [-0.05, 0) is 37.0 Å². The van der Waals surface area contributed by atoms with Crippen molar-refractivity contribution < 1.29 is 23.1 Å². The summed E-state index contributed by atoms with van der Waals surface area (Å²) < 4.78 is 41.9. The van der Waals surface area contributed by atoms with Crippen molar-refractivity contribution in [1.82, 2.24) is 25.1 Å². The van der Waals surface area contributed by atoms with Gasteiger partial charge in [0.15, 0.2) is 5.82 Å². The third-order valence-corrected chi connectivity index (χ3v) is 5.73. The molecular weight excluding hydrogens is 413 g/mol. The predicted octanol–water partition coefficient (Wildman–Crippen LogP) is 2.91. The number of carbonyl (C=O) groups is 1. The summed E-state index contributed by atoms with van der Waals surface area (Å²) in [7, 11) is 0. The Morgan fingerprint density at radius 3 is 2.81 bits per heavy atom. The zero-order chi connectivity index (χ0) is 22.0. The normalized spacial score (nSPS) is 23.7. The Balaban J connectivity index is 1.60. The second-order valence-corrected chi connectivity index (χ2v) is 7.82. The van der Waals surface area contributed by atoms with E-state index in [9.17, 15) is 23.1 Å². The Hall–Kier alpha value is -2.79. The average molecular weight is 436 g/mol. The lowest BCUT2D eigenvalue weighted by atomic mass is 9.84. The Labute approximate surface area is 176 Å². The van der Waals surface area contributed by atoms with E-state index in [0.717, 1.165) is 31.8 Å². The van der Waals surface area contributed by atoms with Crippen LogP contribution in [-0.2, 0) is 0 Å². The molecule has 8 nitrogen and oxygen atoms in total. The number of rotatable bonds is 5. The summed E-state index contributed by atoms with van der Waals surface area (Å²) in [6.45, 7) is -0.0248. The van der Waals surface area contributed by atoms with Crippen molar-refractivity contribution in [2.75, 3.05) is 11.9 Å². The van der Waals surface area contributed by atoms with Crippen LogP contribution in [0.25, 0.3) is 6.08 Å². The van der Waals surface area contributed by atoms with Crippen LogP contribution in [0.4, 0.5) is 19.1 Å². The monoisotopic (exact) mass is 436 g/mol. The summed E-state index contributed by atoms with van der Waals surface area (Å²) >= 11 is 0. The summed E-state index contributed by atoms with van der Waals surface area (Å²) in [5.74, 6) is -0.606. The maximum atomic E-state index is 13.5. The minimum absolute atomic E-state index is 0.00826. The lowest BCUT2D eigenvalue weighted by molar-refractivity contribution is -0.0954. The van der Waals surface area contributed by atoms with Crippen LogP contribution < -0.4 is 10.6 Å². The van der Waals surface area contributed by atoms with Gasteiger partial charge in [-0.1, -0.05) is 12.8 Å². The van der Waals surface area contributed by atoms with E-state index >= 15 is 0 Å². The van der Waals surface area contributed by atoms with Gasteiger partial charge in [0.1, 0.15) is 6.17 Å². The molecular formula is C20H23F3N6O2. The maximum Gasteiger partial charge on any atom is 0.412 e. The molecule has 2 aliphatic rings. The van der Waals surface area contributed by atoms with Crippen LogP contribution in [0.3, 0.4) is 0 Å². The number of hydrogen-bond donors (Lipinski definition) is 3. The largest absolute Gasteiger partial charge is 0.412 e. The molecule has 11 heteroatoms. The van der Waals surface area contributed by atoms with Crippen molar-refractivity contribution in [1.29, 1.82) is 0 Å². The highest BCUT2D eigenvalue weighted by molar-refractivity contribution is 6.03. The zero-order valence-corrected chi connectivity index (χ0v) is 16.6. The molecule has 31 heavy (non-hydrogen) atoms. The lowest BCUT2D eigenvalue weighted by Gasteiger charge is -2.36. The third kappa shape index (κ3) is 4.77. The first kappa shape index (κ1) is 21.4. The van der Waals surface area contributed by atoms with E-state index in [2.05, 4.69) is 25.7 Å². The molecule has 0 radical (unpaired) electrons. The van der Waals surface area contributed by atoms with Crippen LogP contribution in [0.5, 0.6) is 0 Å². The Bertz CT molecular complexity index is 960. The first-order valence-electron chi connectivity index (χ1n) is 10.2. The number of pyridine rings is 1. The second-order valence-electron chi connectivity index (χ2n) is 7.82. The molecule has 0 spiro atoms. The lowest BCUT2D eigenvalue weighted by Crippen LogP contribution is -2.45. The van der Waals surface area contributed by atoms with E-state index in [1.54, 1.807) is 12.1 Å². The van der Waals surface area contributed by atoms with Crippen molar-refractivity contribution in [2.24, 2.45) is 5.92 Å². The molecule has 2 unspecified atom stereocenters. The van der Waals surface area contributed by atoms with Crippen molar-refractivity contribution >= 4 is 17.9 Å². The SMILES string of the molecule is O=C(Nc1nc2n(n1)C(NC1CCCC[C@@H]1CO)CC(C(F)(F)F)=C2)c1cccnc1. The number of aliphatic hydroxyl groups excluding tert-OH is 1. The van der Waals surface area contributed by atoms with Gasteiger partial charge < -0.3 is 5.11 Å². The number of amides is 1. The smallest absolute Gasteiger partial charge is 0.396 e. The van der Waals surface area contributed by atoms with Gasteiger partial charge in [0.25, 0.3) is 5.91 Å². The number of aromatic nitrogens is 4. The first-order valence-corrected chi connectivity index (χ1v) is 10.2. The van der Waals surface area contributed by atoms with Crippen LogP contribution in [0, 0.1) is 5.92 Å². The van der Waals surface area contributed by atoms with Crippen molar-refractivity contribution in [3.05, 3.63) is 41.5 Å². The zero-order valence-electron chi connectivity index (χ0n) is 16.6. The van der Waals surface area contributed by atoms with E-state index in [1.807, 2.05) is 0 Å². The minimum atomic E-state index is -4.50. The molecule has 3 heterocycles. The molecule has 4 rings (SSSR count). The minimum Gasteiger partial charge on any atom is -0.396 e. The molecule has 2 aromatic rings. The highest BCUT2D eigenvalue weighted by Crippen LogP contribution is 2.37. The van der Waals surface area contributed by atoms with Crippen molar-refractivity contribution in [3.63, 3.8) is 0 Å². The first-order chi connectivity index (χ1) is 14.8. The van der Waals surface area contributed by atoms with Gasteiger partial charge >= 0.3 is 6.18 Å². The predicted molar refractivity (Wildman–Crippen MR) is 106 cm³/mol. The van der Waals surface area contributed by atoms with Crippen LogP contribution >= 0.6 is 0 Å². The molecule has 0 aromatic carbocycles. The molecule has 3 N–H and O–H groups in total. The molecule has 0 bridgehead atoms. The number of aliphatic hydroxyl groups is 1. The van der Waals surface area contributed by atoms with Gasteiger partial charge in [0.05, 0.1) is 5.56 Å². The number of halogens is 3. The highest BCUT2D eigenvalue weighted by Gasteiger charge is 2.40. The molecule has 1 saturated carbocycles. The summed E-state index contributed by atoms with van der Waals surface area (Å²) in [4.78, 5) is 20.3. The fourth-order valence-corrected chi connectivity index (χ4v) is 4.12. The van der Waals surface area contributed by atoms with E-state index < -0.39 is 23.8 Å². The summed E-state index contributed by atoms with van der Waals surface area (Å²) in [6.07, 6.45) is 1.76. The molecule has 2 aromatic heterocycles. The topological polar surface area (TPSA) is 105 Å². The van der Waals surface area contributed by atoms with Gasteiger partial charge in [-0.2, -0.15) is 18.2 Å². The van der Waals surface area contributed by atoms with Crippen LogP contribution in [0.15, 0.2) is 30.1 Å². The fourth-order valence-electron chi connectivity index (χ4n) is 4.12. The number of anilines is 1. The van der Waals surface area contributed by atoms with Gasteiger partial charge in [-0.15, -0.1) is 5.10 Å². The number of carbonyl (C=O) groups excluding carboxylic acids is 1. The number of alkyl halides is 3. The van der Waals surface area contributed by atoms with E-state index in [0.29, 0.717) is 0 Å². The molecule has 1 aliphatic heterocycles. The Morgan fingerprint density at radius 1 is 1.29 bits per heavy atom. The average Bonchev–Trinajstić information content (AvgIpc) is 3.17. The molecule has 1 amide bonds. The standard InChI is InChI=1S/C20H23F3N6O2/c21-20(22,23)14-8-16(25-15-6-2-1-4-13(15)11-30)29-17(9-14)26-19(28-29)27-18(31)12-5-3-7-24-10-12/h3,5,7,9-10,13,15-16,25,30H,1-2,4,6,8,11H2,(H,27,28,31)/t13-,15?,16?/m1/s1. The van der Waals surface area contributed by atoms with Crippen molar-refractivity contribution in [3.8, 4) is 0 Å². The number of nitrogens with zero attached hydrogens (tertiary/aromatic N) is 4. The molecule has 3 atom stereocenters. The molecule has 0 saturated heterocycles. The Kier molecular flexibility index (Phi) is 6.05. The van der Waals surface area contributed by atoms with Crippen LogP contribution in [0.2, 0.25) is 0 Å². The second kappa shape index (κ2) is 8.75. The van der Waals surface area contributed by atoms with Gasteiger partial charge in [0, 0.05) is 37.0 Å². The van der Waals surface area contributed by atoms with Gasteiger partial charge in [0.2, 0.25) is 5.95 Å². The summed E-state index contributed by atoms with van der Waals surface area (Å²) in [5, 5.41) is 19.7. The Morgan fingerprint density at radius 2 is 2.10 bits per heavy atom. The number of fused-ring (bicyclic) bond motifs is 1. The maximum absolute atomic E-state index is 13.5. The van der Waals surface area contributed by atoms with Gasteiger partial charge in [-0.25, -0.2) is 4.68 Å². The van der Waals surface area contributed by atoms with E-state index in [4.69, 9.17) is 0 Å². The number of nitrogens with one attached hydrogen (secondary N) is 2. The number of hydrogen-bond acceptors (Lipinski definition) is 6.